The van der Waals surface area contributed by atoms with Gasteiger partial charge in [-0.05, 0) is 44.4 Å². The number of amides is 1. The number of aryl methyl sites for hydroxylation is 3. The maximum Gasteiger partial charge on any atom is 0.291 e. The van der Waals surface area contributed by atoms with Crippen molar-refractivity contribution < 1.29 is 4.79 Å². The van der Waals surface area contributed by atoms with Gasteiger partial charge in [0.15, 0.2) is 0 Å². The smallest absolute Gasteiger partial charge is 0.291 e. The highest BCUT2D eigenvalue weighted by Crippen LogP contribution is 2.28. The molecule has 4 rings (SSSR count). The van der Waals surface area contributed by atoms with Gasteiger partial charge in [0.25, 0.3) is 5.56 Å². The van der Waals surface area contributed by atoms with Crippen LogP contribution >= 0.6 is 11.3 Å². The van der Waals surface area contributed by atoms with Gasteiger partial charge < -0.3 is 5.32 Å². The van der Waals surface area contributed by atoms with Crippen LogP contribution in [0.4, 0.5) is 0 Å². The van der Waals surface area contributed by atoms with Gasteiger partial charge in [-0.25, -0.2) is 4.68 Å². The summed E-state index contributed by atoms with van der Waals surface area (Å²) in [5.41, 5.74) is 2.60. The second kappa shape index (κ2) is 8.44. The molecule has 1 N–H and O–H groups in total. The van der Waals surface area contributed by atoms with E-state index in [4.69, 9.17) is 0 Å². The number of carbonyl (C=O) groups excluding carboxylic acids is 1. The highest BCUT2D eigenvalue weighted by molar-refractivity contribution is 7.19. The summed E-state index contributed by atoms with van der Waals surface area (Å²) in [4.78, 5) is 26.8. The predicted octanol–water partition coefficient (Wildman–Crippen LogP) is 3.72. The molecule has 0 spiro atoms. The van der Waals surface area contributed by atoms with Crippen molar-refractivity contribution in [1.82, 2.24) is 19.5 Å². The Hall–Kier alpha value is -2.93. The number of thiophene rings is 1. The molecule has 1 amide bonds. The molecule has 7 heteroatoms. The quantitative estimate of drug-likeness (QED) is 0.494. The SMILES string of the molecule is CCc1nn(CC(=O)N[C@@H](C)CCc2ccccc2)c(=O)c2cc3sc(C)cc3n12. The van der Waals surface area contributed by atoms with E-state index in [-0.39, 0.29) is 24.1 Å². The Morgan fingerprint density at radius 1 is 1.20 bits per heavy atom. The third-order valence-electron chi connectivity index (χ3n) is 5.29. The fourth-order valence-corrected chi connectivity index (χ4v) is 4.75. The summed E-state index contributed by atoms with van der Waals surface area (Å²) >= 11 is 1.66. The third-order valence-corrected chi connectivity index (χ3v) is 6.27. The Balaban J connectivity index is 1.51. The average molecular weight is 423 g/mol. The number of aromatic nitrogens is 3. The zero-order chi connectivity index (χ0) is 21.3. The number of fused-ring (bicyclic) bond motifs is 3. The molecule has 3 aromatic heterocycles. The topological polar surface area (TPSA) is 68.4 Å². The van der Waals surface area contributed by atoms with Crippen molar-refractivity contribution in [2.24, 2.45) is 0 Å². The zero-order valence-electron chi connectivity index (χ0n) is 17.5. The summed E-state index contributed by atoms with van der Waals surface area (Å²) in [7, 11) is 0. The Kier molecular flexibility index (Phi) is 5.72. The number of nitrogens with one attached hydrogen (secondary N) is 1. The first-order valence-corrected chi connectivity index (χ1v) is 11.1. The molecule has 0 bridgehead atoms. The molecule has 156 valence electrons. The normalized spacial score (nSPS) is 12.5. The third kappa shape index (κ3) is 4.03. The molecule has 0 unspecified atom stereocenters. The molecule has 0 aliphatic carbocycles. The van der Waals surface area contributed by atoms with E-state index in [2.05, 4.69) is 35.5 Å². The van der Waals surface area contributed by atoms with Crippen LogP contribution in [0.25, 0.3) is 15.7 Å². The standard InChI is InChI=1S/C23H26N4O2S/c1-4-21-25-26(23(29)19-13-20-18(27(19)21)12-16(3)30-20)14-22(28)24-15(2)10-11-17-8-6-5-7-9-17/h5-9,12-13,15H,4,10-11,14H2,1-3H3,(H,24,28)/t15-/m0/s1. The molecular formula is C23H26N4O2S. The lowest BCUT2D eigenvalue weighted by Crippen LogP contribution is -2.39. The molecule has 6 nitrogen and oxygen atoms in total. The van der Waals surface area contributed by atoms with E-state index >= 15 is 0 Å². The predicted molar refractivity (Wildman–Crippen MR) is 121 cm³/mol. The molecule has 0 aliphatic rings. The first-order chi connectivity index (χ1) is 14.5. The Morgan fingerprint density at radius 2 is 1.97 bits per heavy atom. The van der Waals surface area contributed by atoms with Gasteiger partial charge in [-0.15, -0.1) is 11.3 Å². The monoisotopic (exact) mass is 422 g/mol. The van der Waals surface area contributed by atoms with Crippen LogP contribution in [0, 0.1) is 6.92 Å². The van der Waals surface area contributed by atoms with Crippen LogP contribution in [-0.2, 0) is 24.2 Å². The highest BCUT2D eigenvalue weighted by Gasteiger charge is 2.17. The molecule has 0 aliphatic heterocycles. The lowest BCUT2D eigenvalue weighted by molar-refractivity contribution is -0.122. The molecule has 4 aromatic rings. The first kappa shape index (κ1) is 20.3. The number of benzene rings is 1. The van der Waals surface area contributed by atoms with Crippen LogP contribution in [0.5, 0.6) is 0 Å². The van der Waals surface area contributed by atoms with Crippen molar-refractivity contribution in [2.75, 3.05) is 0 Å². The molecule has 0 fully saturated rings. The van der Waals surface area contributed by atoms with E-state index in [1.165, 1.54) is 15.1 Å². The van der Waals surface area contributed by atoms with Crippen molar-refractivity contribution in [3.8, 4) is 0 Å². The van der Waals surface area contributed by atoms with Gasteiger partial charge in [0, 0.05) is 17.3 Å². The summed E-state index contributed by atoms with van der Waals surface area (Å²) in [5, 5.41) is 7.50. The van der Waals surface area contributed by atoms with Crippen molar-refractivity contribution in [3.05, 3.63) is 69.1 Å². The molecule has 1 atom stereocenters. The average Bonchev–Trinajstić information content (AvgIpc) is 3.26. The molecule has 1 aromatic carbocycles. The number of rotatable bonds is 7. The van der Waals surface area contributed by atoms with Crippen LogP contribution in [0.2, 0.25) is 0 Å². The number of hydrogen-bond donors (Lipinski definition) is 1. The summed E-state index contributed by atoms with van der Waals surface area (Å²) < 4.78 is 4.29. The Morgan fingerprint density at radius 3 is 2.70 bits per heavy atom. The van der Waals surface area contributed by atoms with Crippen molar-refractivity contribution >= 4 is 33.0 Å². The van der Waals surface area contributed by atoms with Crippen molar-refractivity contribution in [3.63, 3.8) is 0 Å². The summed E-state index contributed by atoms with van der Waals surface area (Å²) in [6.07, 6.45) is 2.41. The second-order valence-electron chi connectivity index (χ2n) is 7.70. The van der Waals surface area contributed by atoms with E-state index in [1.807, 2.05) is 42.5 Å². The minimum atomic E-state index is -0.236. The Bertz CT molecular complexity index is 1250. The van der Waals surface area contributed by atoms with Crippen LogP contribution < -0.4 is 10.9 Å². The lowest BCUT2D eigenvalue weighted by atomic mass is 10.1. The van der Waals surface area contributed by atoms with E-state index in [9.17, 15) is 9.59 Å². The lowest BCUT2D eigenvalue weighted by Gasteiger charge is -2.15. The van der Waals surface area contributed by atoms with Crippen molar-refractivity contribution in [2.45, 2.75) is 52.6 Å². The largest absolute Gasteiger partial charge is 0.352 e. The maximum absolute atomic E-state index is 13.0. The second-order valence-corrected chi connectivity index (χ2v) is 8.98. The Labute approximate surface area is 179 Å². The van der Waals surface area contributed by atoms with E-state index in [1.54, 1.807) is 11.3 Å². The van der Waals surface area contributed by atoms with Gasteiger partial charge in [0.2, 0.25) is 5.91 Å². The zero-order valence-corrected chi connectivity index (χ0v) is 18.3. The van der Waals surface area contributed by atoms with Gasteiger partial charge in [-0.1, -0.05) is 37.3 Å². The molecule has 3 heterocycles. The van der Waals surface area contributed by atoms with Crippen LogP contribution in [0.3, 0.4) is 0 Å². The molecule has 0 radical (unpaired) electrons. The summed E-state index contributed by atoms with van der Waals surface area (Å²) in [6.45, 7) is 5.98. The number of nitrogens with zero attached hydrogens (tertiary/aromatic N) is 3. The minimum Gasteiger partial charge on any atom is -0.352 e. The van der Waals surface area contributed by atoms with E-state index in [0.29, 0.717) is 11.9 Å². The van der Waals surface area contributed by atoms with Gasteiger partial charge in [0.05, 0.1) is 10.2 Å². The van der Waals surface area contributed by atoms with Gasteiger partial charge in [-0.3, -0.25) is 14.0 Å². The van der Waals surface area contributed by atoms with Gasteiger partial charge in [-0.2, -0.15) is 5.10 Å². The fourth-order valence-electron chi connectivity index (χ4n) is 3.81. The molecular weight excluding hydrogens is 396 g/mol. The van der Waals surface area contributed by atoms with E-state index in [0.717, 1.165) is 28.9 Å². The number of hydrogen-bond acceptors (Lipinski definition) is 4. The highest BCUT2D eigenvalue weighted by atomic mass is 32.1. The fraction of sp³-hybridized carbons (Fsp3) is 0.348. The van der Waals surface area contributed by atoms with Crippen molar-refractivity contribution in [1.29, 1.82) is 0 Å². The maximum atomic E-state index is 13.0. The summed E-state index contributed by atoms with van der Waals surface area (Å²) in [6, 6.07) is 14.2. The first-order valence-electron chi connectivity index (χ1n) is 10.3. The van der Waals surface area contributed by atoms with Crippen LogP contribution in [0.15, 0.2) is 47.3 Å². The van der Waals surface area contributed by atoms with Crippen LogP contribution in [0.1, 0.15) is 36.5 Å². The van der Waals surface area contributed by atoms with Gasteiger partial charge >= 0.3 is 0 Å². The van der Waals surface area contributed by atoms with Crippen LogP contribution in [-0.4, -0.2) is 26.1 Å². The molecule has 30 heavy (non-hydrogen) atoms. The molecule has 0 saturated heterocycles. The summed E-state index contributed by atoms with van der Waals surface area (Å²) in [5.74, 6) is 0.586. The molecule has 0 saturated carbocycles. The number of carbonyl (C=O) groups is 1. The van der Waals surface area contributed by atoms with E-state index < -0.39 is 0 Å². The van der Waals surface area contributed by atoms with Gasteiger partial charge in [0.1, 0.15) is 17.9 Å². The minimum absolute atomic E-state index is 0.0180.